The number of hydrogen-bond donors (Lipinski definition) is 2. The predicted molar refractivity (Wildman–Crippen MR) is 65.2 cm³/mol. The molecule has 0 aliphatic carbocycles. The summed E-state index contributed by atoms with van der Waals surface area (Å²) in [5.74, 6) is -0.0829. The smallest absolute Gasteiger partial charge is 0.322 e. The average molecular weight is 249 g/mol. The van der Waals surface area contributed by atoms with Gasteiger partial charge in [-0.25, -0.2) is 4.39 Å². The van der Waals surface area contributed by atoms with Gasteiger partial charge >= 0.3 is 6.01 Å². The van der Waals surface area contributed by atoms with Crippen LogP contribution in [0.5, 0.6) is 6.01 Å². The number of hydrogen-bond acceptors (Lipinski definition) is 6. The molecule has 2 aromatic rings. The highest BCUT2D eigenvalue weighted by Gasteiger charge is 2.08. The third-order valence-corrected chi connectivity index (χ3v) is 2.33. The molecular formula is C11H12FN5O. The molecule has 0 saturated carbocycles. The lowest BCUT2D eigenvalue weighted by Crippen LogP contribution is -2.06. The quantitative estimate of drug-likeness (QED) is 0.860. The van der Waals surface area contributed by atoms with Crippen molar-refractivity contribution in [3.05, 3.63) is 29.6 Å². The van der Waals surface area contributed by atoms with E-state index in [-0.39, 0.29) is 23.7 Å². The van der Waals surface area contributed by atoms with Gasteiger partial charge in [-0.15, -0.1) is 0 Å². The zero-order valence-corrected chi connectivity index (χ0v) is 9.94. The van der Waals surface area contributed by atoms with Gasteiger partial charge in [-0.2, -0.15) is 15.0 Å². The lowest BCUT2D eigenvalue weighted by molar-refractivity contribution is 0.380. The van der Waals surface area contributed by atoms with Crippen LogP contribution in [0.2, 0.25) is 0 Å². The summed E-state index contributed by atoms with van der Waals surface area (Å²) in [5, 5.41) is 2.87. The van der Waals surface area contributed by atoms with E-state index in [9.17, 15) is 4.39 Å². The fraction of sp³-hybridized carbons (Fsp3) is 0.182. The van der Waals surface area contributed by atoms with Gasteiger partial charge in [-0.05, 0) is 19.1 Å². The number of aromatic nitrogens is 3. The molecule has 0 saturated heterocycles. The van der Waals surface area contributed by atoms with Crippen molar-refractivity contribution in [2.45, 2.75) is 6.92 Å². The Balaban J connectivity index is 2.34. The van der Waals surface area contributed by atoms with E-state index in [4.69, 9.17) is 10.5 Å². The van der Waals surface area contributed by atoms with Gasteiger partial charge in [0.2, 0.25) is 11.9 Å². The number of benzene rings is 1. The van der Waals surface area contributed by atoms with E-state index in [1.165, 1.54) is 13.2 Å². The number of ether oxygens (including phenoxy) is 1. The summed E-state index contributed by atoms with van der Waals surface area (Å²) in [6, 6.07) is 4.78. The van der Waals surface area contributed by atoms with Crippen LogP contribution in [0.1, 0.15) is 5.56 Å². The standard InChI is InChI=1S/C11H12FN5O/c1-6-7(12)4-3-5-8(6)14-10-15-9(13)16-11(17-10)18-2/h3-5H,1-2H3,(H3,13,14,15,16,17). The van der Waals surface area contributed by atoms with Crippen molar-refractivity contribution in [1.29, 1.82) is 0 Å². The van der Waals surface area contributed by atoms with Gasteiger partial charge in [-0.1, -0.05) is 6.07 Å². The Labute approximate surface area is 103 Å². The Morgan fingerprint density at radius 1 is 1.28 bits per heavy atom. The molecule has 1 aromatic heterocycles. The SMILES string of the molecule is COc1nc(N)nc(Nc2cccc(F)c2C)n1. The highest BCUT2D eigenvalue weighted by Crippen LogP contribution is 2.21. The van der Waals surface area contributed by atoms with Crippen LogP contribution in [0.15, 0.2) is 18.2 Å². The maximum Gasteiger partial charge on any atom is 0.322 e. The molecule has 1 heterocycles. The summed E-state index contributed by atoms with van der Waals surface area (Å²) in [4.78, 5) is 11.6. The van der Waals surface area contributed by atoms with Gasteiger partial charge in [0.1, 0.15) is 5.82 Å². The van der Waals surface area contributed by atoms with E-state index in [0.29, 0.717) is 11.3 Å². The van der Waals surface area contributed by atoms with Gasteiger partial charge in [0.25, 0.3) is 0 Å². The number of halogens is 1. The van der Waals surface area contributed by atoms with Crippen LogP contribution in [0.25, 0.3) is 0 Å². The van der Waals surface area contributed by atoms with Gasteiger partial charge in [-0.3, -0.25) is 0 Å². The Bertz CT molecular complexity index is 575. The van der Waals surface area contributed by atoms with Crippen molar-refractivity contribution >= 4 is 17.6 Å². The Hall–Kier alpha value is -2.44. The number of methoxy groups -OCH3 is 1. The van der Waals surface area contributed by atoms with Crippen molar-refractivity contribution < 1.29 is 9.13 Å². The van der Waals surface area contributed by atoms with Crippen LogP contribution in [0.4, 0.5) is 22.0 Å². The second kappa shape index (κ2) is 4.82. The van der Waals surface area contributed by atoms with E-state index in [1.807, 2.05) is 0 Å². The molecule has 2 rings (SSSR count). The maximum atomic E-state index is 13.4. The first-order chi connectivity index (χ1) is 8.60. The molecule has 94 valence electrons. The molecule has 0 radical (unpaired) electrons. The van der Waals surface area contributed by atoms with Gasteiger partial charge in [0, 0.05) is 11.3 Å². The first kappa shape index (κ1) is 12.0. The average Bonchev–Trinajstić information content (AvgIpc) is 2.34. The minimum atomic E-state index is -0.311. The zero-order valence-electron chi connectivity index (χ0n) is 9.94. The van der Waals surface area contributed by atoms with Crippen LogP contribution >= 0.6 is 0 Å². The monoisotopic (exact) mass is 249 g/mol. The zero-order chi connectivity index (χ0) is 13.1. The van der Waals surface area contributed by atoms with Crippen molar-refractivity contribution in [3.8, 4) is 6.01 Å². The normalized spacial score (nSPS) is 10.2. The highest BCUT2D eigenvalue weighted by molar-refractivity contribution is 5.58. The number of nitrogens with zero attached hydrogens (tertiary/aromatic N) is 3. The molecule has 0 bridgehead atoms. The van der Waals surface area contributed by atoms with Crippen LogP contribution in [-0.2, 0) is 0 Å². The highest BCUT2D eigenvalue weighted by atomic mass is 19.1. The van der Waals surface area contributed by atoms with Gasteiger partial charge < -0.3 is 15.8 Å². The molecule has 6 nitrogen and oxygen atoms in total. The molecule has 3 N–H and O–H groups in total. The van der Waals surface area contributed by atoms with Crippen LogP contribution < -0.4 is 15.8 Å². The second-order valence-corrected chi connectivity index (χ2v) is 3.54. The van der Waals surface area contributed by atoms with Crippen molar-refractivity contribution in [3.63, 3.8) is 0 Å². The van der Waals surface area contributed by atoms with Gasteiger partial charge in [0.15, 0.2) is 0 Å². The molecule has 0 amide bonds. The Morgan fingerprint density at radius 3 is 2.78 bits per heavy atom. The third kappa shape index (κ3) is 2.45. The summed E-state index contributed by atoms with van der Waals surface area (Å²) in [7, 11) is 1.42. The van der Waals surface area contributed by atoms with Crippen LogP contribution in [0, 0.1) is 12.7 Å². The van der Waals surface area contributed by atoms with Crippen LogP contribution in [0.3, 0.4) is 0 Å². The molecule has 0 atom stereocenters. The molecule has 0 aliphatic heterocycles. The van der Waals surface area contributed by atoms with E-state index < -0.39 is 0 Å². The molecule has 7 heteroatoms. The maximum absolute atomic E-state index is 13.4. The summed E-state index contributed by atoms with van der Waals surface area (Å²) in [6.07, 6.45) is 0. The second-order valence-electron chi connectivity index (χ2n) is 3.54. The lowest BCUT2D eigenvalue weighted by atomic mass is 10.2. The molecule has 0 unspecified atom stereocenters. The van der Waals surface area contributed by atoms with Crippen molar-refractivity contribution in [2.75, 3.05) is 18.2 Å². The molecule has 1 aromatic carbocycles. The third-order valence-electron chi connectivity index (χ3n) is 2.33. The summed E-state index contributed by atoms with van der Waals surface area (Å²) in [6.45, 7) is 1.65. The Kier molecular flexibility index (Phi) is 3.22. The lowest BCUT2D eigenvalue weighted by Gasteiger charge is -2.09. The number of rotatable bonds is 3. The Morgan fingerprint density at radius 2 is 2.06 bits per heavy atom. The number of anilines is 3. The minimum Gasteiger partial charge on any atom is -0.467 e. The predicted octanol–water partition coefficient (Wildman–Crippen LogP) is 1.65. The van der Waals surface area contributed by atoms with E-state index >= 15 is 0 Å². The number of nitrogens with one attached hydrogen (secondary N) is 1. The molecule has 0 aliphatic rings. The number of nitrogens with two attached hydrogens (primary N) is 1. The summed E-state index contributed by atoms with van der Waals surface area (Å²) >= 11 is 0. The minimum absolute atomic E-state index is 0.0263. The molecule has 0 fully saturated rings. The van der Waals surface area contributed by atoms with Gasteiger partial charge in [0.05, 0.1) is 7.11 Å². The van der Waals surface area contributed by atoms with E-state index in [0.717, 1.165) is 0 Å². The fourth-order valence-corrected chi connectivity index (χ4v) is 1.38. The fourth-order valence-electron chi connectivity index (χ4n) is 1.38. The molecule has 18 heavy (non-hydrogen) atoms. The number of nitrogen functional groups attached to an aromatic ring is 1. The van der Waals surface area contributed by atoms with Crippen molar-refractivity contribution in [2.24, 2.45) is 0 Å². The first-order valence-electron chi connectivity index (χ1n) is 5.18. The summed E-state index contributed by atoms with van der Waals surface area (Å²) in [5.41, 5.74) is 6.53. The van der Waals surface area contributed by atoms with Crippen LogP contribution in [-0.4, -0.2) is 22.1 Å². The topological polar surface area (TPSA) is 86.0 Å². The van der Waals surface area contributed by atoms with E-state index in [1.54, 1.807) is 19.1 Å². The van der Waals surface area contributed by atoms with E-state index in [2.05, 4.69) is 20.3 Å². The van der Waals surface area contributed by atoms with Crippen molar-refractivity contribution in [1.82, 2.24) is 15.0 Å². The first-order valence-corrected chi connectivity index (χ1v) is 5.18. The molecular weight excluding hydrogens is 237 g/mol. The summed E-state index contributed by atoms with van der Waals surface area (Å²) < 4.78 is 18.2. The largest absolute Gasteiger partial charge is 0.467 e. The molecule has 0 spiro atoms.